The number of nitrogen functional groups attached to an aromatic ring is 1. The van der Waals surface area contributed by atoms with Crippen molar-refractivity contribution in [3.05, 3.63) is 12.1 Å². The molecule has 0 spiro atoms. The van der Waals surface area contributed by atoms with Crippen molar-refractivity contribution in [1.29, 1.82) is 0 Å². The van der Waals surface area contributed by atoms with Crippen LogP contribution in [0.1, 0.15) is 12.8 Å². The molecule has 1 aliphatic rings. The van der Waals surface area contributed by atoms with E-state index in [0.717, 1.165) is 5.69 Å². The summed E-state index contributed by atoms with van der Waals surface area (Å²) in [5.41, 5.74) is 7.67. The average molecular weight is 268 g/mol. The molecule has 0 atom stereocenters. The van der Waals surface area contributed by atoms with Crippen LogP contribution in [-0.4, -0.2) is 31.8 Å². The fraction of sp³-hybridized carbons (Fsp3) is 0.538. The molecule has 0 radical (unpaired) electrons. The molecule has 1 fully saturated rings. The van der Waals surface area contributed by atoms with E-state index in [1.54, 1.807) is 20.3 Å². The highest BCUT2D eigenvalue weighted by atomic mass is 32.2. The molecule has 5 heteroatoms. The molecule has 1 aromatic carbocycles. The van der Waals surface area contributed by atoms with Gasteiger partial charge in [0.25, 0.3) is 0 Å². The first kappa shape index (κ1) is 13.2. The third-order valence-corrected chi connectivity index (χ3v) is 4.19. The molecule has 1 aromatic rings. The first-order valence-corrected chi connectivity index (χ1v) is 7.26. The fourth-order valence-corrected chi connectivity index (χ4v) is 3.19. The van der Waals surface area contributed by atoms with E-state index in [0.29, 0.717) is 23.2 Å². The second-order valence-corrected chi connectivity index (χ2v) is 5.55. The van der Waals surface area contributed by atoms with Gasteiger partial charge in [0.05, 0.1) is 25.6 Å². The molecule has 18 heavy (non-hydrogen) atoms. The van der Waals surface area contributed by atoms with E-state index in [1.807, 2.05) is 17.8 Å². The largest absolute Gasteiger partial charge is 0.493 e. The molecule has 1 saturated heterocycles. The third-order valence-electron chi connectivity index (χ3n) is 3.14. The van der Waals surface area contributed by atoms with Crippen LogP contribution in [0.15, 0.2) is 12.1 Å². The Kier molecular flexibility index (Phi) is 4.47. The van der Waals surface area contributed by atoms with Crippen molar-refractivity contribution in [3.8, 4) is 11.5 Å². The van der Waals surface area contributed by atoms with E-state index >= 15 is 0 Å². The molecule has 0 saturated carbocycles. The van der Waals surface area contributed by atoms with Crippen LogP contribution in [0.25, 0.3) is 0 Å². The van der Waals surface area contributed by atoms with Crippen molar-refractivity contribution in [3.63, 3.8) is 0 Å². The summed E-state index contributed by atoms with van der Waals surface area (Å²) >= 11 is 2.01. The Balaban J connectivity index is 2.16. The van der Waals surface area contributed by atoms with E-state index in [1.165, 1.54) is 24.3 Å². The molecule has 1 heterocycles. The van der Waals surface area contributed by atoms with Crippen molar-refractivity contribution in [2.45, 2.75) is 18.9 Å². The first-order chi connectivity index (χ1) is 8.74. The lowest BCUT2D eigenvalue weighted by Gasteiger charge is -2.25. The van der Waals surface area contributed by atoms with E-state index in [2.05, 4.69) is 5.32 Å². The predicted octanol–water partition coefficient (Wildman–Crippen LogP) is 2.59. The van der Waals surface area contributed by atoms with Crippen LogP contribution < -0.4 is 20.5 Å². The molecular weight excluding hydrogens is 248 g/mol. The Morgan fingerprint density at radius 2 is 1.78 bits per heavy atom. The summed E-state index contributed by atoms with van der Waals surface area (Å²) in [6.07, 6.45) is 2.36. The molecule has 2 rings (SSSR count). The smallest absolute Gasteiger partial charge is 0.162 e. The molecule has 4 nitrogen and oxygen atoms in total. The molecule has 0 bridgehead atoms. The number of ether oxygens (including phenoxy) is 2. The maximum atomic E-state index is 6.03. The lowest BCUT2D eigenvalue weighted by molar-refractivity contribution is 0.355. The van der Waals surface area contributed by atoms with Gasteiger partial charge in [-0.3, -0.25) is 0 Å². The van der Waals surface area contributed by atoms with Crippen molar-refractivity contribution in [2.75, 3.05) is 36.8 Å². The highest BCUT2D eigenvalue weighted by Gasteiger charge is 2.16. The Labute approximate surface area is 112 Å². The highest BCUT2D eigenvalue weighted by molar-refractivity contribution is 7.99. The molecule has 1 aliphatic heterocycles. The number of anilines is 2. The van der Waals surface area contributed by atoms with E-state index in [9.17, 15) is 0 Å². The third kappa shape index (κ3) is 2.96. The Morgan fingerprint density at radius 1 is 1.17 bits per heavy atom. The quantitative estimate of drug-likeness (QED) is 0.822. The Morgan fingerprint density at radius 3 is 2.39 bits per heavy atom. The highest BCUT2D eigenvalue weighted by Crippen LogP contribution is 2.35. The van der Waals surface area contributed by atoms with Crippen LogP contribution in [0, 0.1) is 0 Å². The summed E-state index contributed by atoms with van der Waals surface area (Å²) in [6.45, 7) is 0. The lowest BCUT2D eigenvalue weighted by Crippen LogP contribution is -2.24. The zero-order valence-corrected chi connectivity index (χ0v) is 11.7. The predicted molar refractivity (Wildman–Crippen MR) is 77.9 cm³/mol. The van der Waals surface area contributed by atoms with E-state index in [-0.39, 0.29) is 0 Å². The van der Waals surface area contributed by atoms with Crippen molar-refractivity contribution in [1.82, 2.24) is 0 Å². The standard InChI is InChI=1S/C13H20N2O2S/c1-16-12-7-10(14)11(8-13(12)17-2)15-9-3-5-18-6-4-9/h7-9,15H,3-6,14H2,1-2H3. The monoisotopic (exact) mass is 268 g/mol. The Hall–Kier alpha value is -1.23. The number of hydrogen-bond acceptors (Lipinski definition) is 5. The number of benzene rings is 1. The van der Waals surface area contributed by atoms with Crippen LogP contribution in [-0.2, 0) is 0 Å². The second kappa shape index (κ2) is 6.09. The fourth-order valence-electron chi connectivity index (χ4n) is 2.08. The maximum absolute atomic E-state index is 6.03. The van der Waals surface area contributed by atoms with Gasteiger partial charge in [-0.2, -0.15) is 11.8 Å². The van der Waals surface area contributed by atoms with Gasteiger partial charge in [0.2, 0.25) is 0 Å². The number of rotatable bonds is 4. The van der Waals surface area contributed by atoms with Gasteiger partial charge in [-0.15, -0.1) is 0 Å². The zero-order valence-electron chi connectivity index (χ0n) is 10.9. The number of methoxy groups -OCH3 is 2. The number of nitrogens with one attached hydrogen (secondary N) is 1. The van der Waals surface area contributed by atoms with Crippen molar-refractivity contribution in [2.24, 2.45) is 0 Å². The van der Waals surface area contributed by atoms with Crippen LogP contribution in [0.4, 0.5) is 11.4 Å². The van der Waals surface area contributed by atoms with Gasteiger partial charge in [0.15, 0.2) is 11.5 Å². The van der Waals surface area contributed by atoms with E-state index in [4.69, 9.17) is 15.2 Å². The summed E-state index contributed by atoms with van der Waals surface area (Å²) in [4.78, 5) is 0. The minimum absolute atomic E-state index is 0.506. The van der Waals surface area contributed by atoms with Gasteiger partial charge >= 0.3 is 0 Å². The molecular formula is C13H20N2O2S. The molecule has 3 N–H and O–H groups in total. The molecule has 100 valence electrons. The number of thioether (sulfide) groups is 1. The summed E-state index contributed by atoms with van der Waals surface area (Å²) < 4.78 is 10.5. The van der Waals surface area contributed by atoms with Crippen molar-refractivity contribution < 1.29 is 9.47 Å². The number of hydrogen-bond donors (Lipinski definition) is 2. The summed E-state index contributed by atoms with van der Waals surface area (Å²) in [5, 5.41) is 3.50. The first-order valence-electron chi connectivity index (χ1n) is 6.10. The molecule has 0 aromatic heterocycles. The summed E-state index contributed by atoms with van der Waals surface area (Å²) in [7, 11) is 3.25. The topological polar surface area (TPSA) is 56.5 Å². The van der Waals surface area contributed by atoms with E-state index < -0.39 is 0 Å². The lowest BCUT2D eigenvalue weighted by atomic mass is 10.1. The van der Waals surface area contributed by atoms with Crippen LogP contribution in [0.3, 0.4) is 0 Å². The van der Waals surface area contributed by atoms with Crippen LogP contribution in [0.2, 0.25) is 0 Å². The minimum Gasteiger partial charge on any atom is -0.493 e. The number of nitrogens with two attached hydrogens (primary N) is 1. The summed E-state index contributed by atoms with van der Waals surface area (Å²) in [5.74, 6) is 3.80. The normalized spacial score (nSPS) is 16.3. The van der Waals surface area contributed by atoms with Gasteiger partial charge in [0, 0.05) is 18.2 Å². The molecule has 0 aliphatic carbocycles. The molecule has 0 amide bonds. The van der Waals surface area contributed by atoms with Crippen molar-refractivity contribution >= 4 is 23.1 Å². The van der Waals surface area contributed by atoms with Crippen LogP contribution in [0.5, 0.6) is 11.5 Å². The summed E-state index contributed by atoms with van der Waals surface area (Å²) in [6, 6.07) is 4.22. The molecule has 0 unspecified atom stereocenters. The zero-order chi connectivity index (χ0) is 13.0. The minimum atomic E-state index is 0.506. The van der Waals surface area contributed by atoms with Gasteiger partial charge in [-0.25, -0.2) is 0 Å². The maximum Gasteiger partial charge on any atom is 0.162 e. The Bertz CT molecular complexity index is 406. The SMILES string of the molecule is COc1cc(N)c(NC2CCSCC2)cc1OC. The second-order valence-electron chi connectivity index (χ2n) is 4.33. The average Bonchev–Trinajstić information content (AvgIpc) is 2.41. The van der Waals surface area contributed by atoms with Crippen LogP contribution >= 0.6 is 11.8 Å². The van der Waals surface area contributed by atoms with Gasteiger partial charge in [-0.1, -0.05) is 0 Å². The van der Waals surface area contributed by atoms with Gasteiger partial charge in [0.1, 0.15) is 0 Å². The van der Waals surface area contributed by atoms with Gasteiger partial charge < -0.3 is 20.5 Å². The van der Waals surface area contributed by atoms with Gasteiger partial charge in [-0.05, 0) is 24.3 Å².